The summed E-state index contributed by atoms with van der Waals surface area (Å²) in [6.07, 6.45) is 0. The molecule has 0 bridgehead atoms. The van der Waals surface area contributed by atoms with Gasteiger partial charge in [-0.3, -0.25) is 4.79 Å². The lowest BCUT2D eigenvalue weighted by molar-refractivity contribution is -0.114. The van der Waals surface area contributed by atoms with Gasteiger partial charge in [0.05, 0.1) is 5.52 Å². The molecule has 1 aromatic heterocycles. The van der Waals surface area contributed by atoms with Gasteiger partial charge in [0.25, 0.3) is 0 Å². The van der Waals surface area contributed by atoms with E-state index in [0.29, 0.717) is 5.02 Å². The SMILES string of the molecule is CC(=O)Nc1ccc(Nc2cc(-c3ccccc3)c3cc(Cl)ccc3n2)cc1. The molecule has 5 heteroatoms. The highest BCUT2D eigenvalue weighted by Gasteiger charge is 2.09. The molecule has 0 aliphatic heterocycles. The van der Waals surface area contributed by atoms with E-state index in [-0.39, 0.29) is 5.91 Å². The molecular formula is C23H18ClN3O. The Morgan fingerprint density at radius 1 is 0.893 bits per heavy atom. The number of carbonyl (C=O) groups excluding carboxylic acids is 1. The molecule has 0 saturated carbocycles. The number of anilines is 3. The van der Waals surface area contributed by atoms with Crippen LogP contribution in [0.15, 0.2) is 78.9 Å². The quantitative estimate of drug-likeness (QED) is 0.434. The lowest BCUT2D eigenvalue weighted by Gasteiger charge is -2.12. The van der Waals surface area contributed by atoms with Gasteiger partial charge in [-0.1, -0.05) is 41.9 Å². The minimum Gasteiger partial charge on any atom is -0.340 e. The van der Waals surface area contributed by atoms with Crippen LogP contribution < -0.4 is 10.6 Å². The number of benzene rings is 3. The number of carbonyl (C=O) groups is 1. The Morgan fingerprint density at radius 3 is 2.32 bits per heavy atom. The Kier molecular flexibility index (Phi) is 4.96. The van der Waals surface area contributed by atoms with Crippen molar-refractivity contribution < 1.29 is 4.79 Å². The monoisotopic (exact) mass is 387 g/mol. The van der Waals surface area contributed by atoms with Gasteiger partial charge in [-0.05, 0) is 59.7 Å². The fraction of sp³-hybridized carbons (Fsp3) is 0.0435. The highest BCUT2D eigenvalue weighted by Crippen LogP contribution is 2.32. The Balaban J connectivity index is 1.73. The van der Waals surface area contributed by atoms with Gasteiger partial charge in [0, 0.05) is 28.7 Å². The van der Waals surface area contributed by atoms with Gasteiger partial charge in [0.2, 0.25) is 5.91 Å². The summed E-state index contributed by atoms with van der Waals surface area (Å²) < 4.78 is 0. The van der Waals surface area contributed by atoms with Crippen molar-refractivity contribution in [2.24, 2.45) is 0 Å². The third kappa shape index (κ3) is 3.97. The van der Waals surface area contributed by atoms with Gasteiger partial charge in [-0.25, -0.2) is 4.98 Å². The zero-order valence-electron chi connectivity index (χ0n) is 15.2. The van der Waals surface area contributed by atoms with Gasteiger partial charge < -0.3 is 10.6 Å². The molecular weight excluding hydrogens is 370 g/mol. The van der Waals surface area contributed by atoms with E-state index in [2.05, 4.69) is 22.8 Å². The van der Waals surface area contributed by atoms with Gasteiger partial charge >= 0.3 is 0 Å². The van der Waals surface area contributed by atoms with Crippen LogP contribution in [0.5, 0.6) is 0 Å². The number of amides is 1. The molecule has 1 amide bonds. The second kappa shape index (κ2) is 7.71. The molecule has 2 N–H and O–H groups in total. The lowest BCUT2D eigenvalue weighted by Crippen LogP contribution is -2.05. The predicted octanol–water partition coefficient (Wildman–Crippen LogP) is 6.26. The second-order valence-electron chi connectivity index (χ2n) is 6.47. The fourth-order valence-electron chi connectivity index (χ4n) is 3.11. The second-order valence-corrected chi connectivity index (χ2v) is 6.90. The van der Waals surface area contributed by atoms with E-state index in [1.54, 1.807) is 0 Å². The third-order valence-corrected chi connectivity index (χ3v) is 4.57. The topological polar surface area (TPSA) is 54.0 Å². The van der Waals surface area contributed by atoms with Crippen LogP contribution in [0.25, 0.3) is 22.0 Å². The highest BCUT2D eigenvalue weighted by atomic mass is 35.5. The molecule has 28 heavy (non-hydrogen) atoms. The molecule has 3 aromatic carbocycles. The third-order valence-electron chi connectivity index (χ3n) is 4.33. The first-order valence-corrected chi connectivity index (χ1v) is 9.27. The maximum absolute atomic E-state index is 11.2. The molecule has 0 fully saturated rings. The molecule has 1 heterocycles. The number of aromatic nitrogens is 1. The molecule has 0 saturated heterocycles. The number of nitrogens with one attached hydrogen (secondary N) is 2. The Morgan fingerprint density at radius 2 is 1.61 bits per heavy atom. The average molecular weight is 388 g/mol. The molecule has 4 rings (SSSR count). The van der Waals surface area contributed by atoms with Gasteiger partial charge in [0.1, 0.15) is 5.82 Å². The number of nitrogens with zero attached hydrogens (tertiary/aromatic N) is 1. The van der Waals surface area contributed by atoms with Crippen LogP contribution in [-0.4, -0.2) is 10.9 Å². The Labute approximate surface area is 168 Å². The summed E-state index contributed by atoms with van der Waals surface area (Å²) in [5, 5.41) is 7.79. The smallest absolute Gasteiger partial charge is 0.221 e. The average Bonchev–Trinajstić information content (AvgIpc) is 2.69. The summed E-state index contributed by atoms with van der Waals surface area (Å²) >= 11 is 6.23. The number of fused-ring (bicyclic) bond motifs is 1. The number of hydrogen-bond donors (Lipinski definition) is 2. The van der Waals surface area contributed by atoms with E-state index in [9.17, 15) is 4.79 Å². The van der Waals surface area contributed by atoms with E-state index in [4.69, 9.17) is 16.6 Å². The van der Waals surface area contributed by atoms with Crippen LogP contribution in [-0.2, 0) is 4.79 Å². The summed E-state index contributed by atoms with van der Waals surface area (Å²) in [6.45, 7) is 1.49. The number of halogens is 1. The van der Waals surface area contributed by atoms with Gasteiger partial charge in [-0.15, -0.1) is 0 Å². The molecule has 4 aromatic rings. The fourth-order valence-corrected chi connectivity index (χ4v) is 3.28. The maximum Gasteiger partial charge on any atom is 0.221 e. The summed E-state index contributed by atoms with van der Waals surface area (Å²) in [4.78, 5) is 15.9. The number of pyridine rings is 1. The molecule has 4 nitrogen and oxygen atoms in total. The first-order valence-electron chi connectivity index (χ1n) is 8.89. The summed E-state index contributed by atoms with van der Waals surface area (Å²) in [5.74, 6) is 0.643. The zero-order valence-corrected chi connectivity index (χ0v) is 16.0. The van der Waals surface area contributed by atoms with Crippen molar-refractivity contribution in [1.29, 1.82) is 0 Å². The van der Waals surface area contributed by atoms with Crippen LogP contribution in [0.1, 0.15) is 6.92 Å². The molecule has 0 atom stereocenters. The standard InChI is InChI=1S/C23H18ClN3O/c1-15(28)25-18-8-10-19(11-9-18)26-23-14-20(16-5-3-2-4-6-16)21-13-17(24)7-12-22(21)27-23/h2-14H,1H3,(H,25,28)(H,26,27). The summed E-state index contributed by atoms with van der Waals surface area (Å²) in [6, 6.07) is 25.4. The molecule has 0 radical (unpaired) electrons. The summed E-state index contributed by atoms with van der Waals surface area (Å²) in [5.41, 5.74) is 4.66. The maximum atomic E-state index is 11.2. The van der Waals surface area contributed by atoms with Crippen molar-refractivity contribution in [2.45, 2.75) is 6.92 Å². The van der Waals surface area contributed by atoms with E-state index in [0.717, 1.165) is 39.2 Å². The van der Waals surface area contributed by atoms with Crippen molar-refractivity contribution in [3.63, 3.8) is 0 Å². The number of hydrogen-bond acceptors (Lipinski definition) is 3. The zero-order chi connectivity index (χ0) is 19.5. The predicted molar refractivity (Wildman–Crippen MR) is 116 cm³/mol. The van der Waals surface area contributed by atoms with Crippen LogP contribution in [0.2, 0.25) is 5.02 Å². The minimum absolute atomic E-state index is 0.0944. The van der Waals surface area contributed by atoms with Crippen molar-refractivity contribution in [2.75, 3.05) is 10.6 Å². The lowest BCUT2D eigenvalue weighted by atomic mass is 10.0. The number of rotatable bonds is 4. The van der Waals surface area contributed by atoms with Crippen LogP contribution >= 0.6 is 11.6 Å². The summed E-state index contributed by atoms with van der Waals surface area (Å²) in [7, 11) is 0. The van der Waals surface area contributed by atoms with Gasteiger partial charge in [-0.2, -0.15) is 0 Å². The normalized spacial score (nSPS) is 10.6. The van der Waals surface area contributed by atoms with Crippen molar-refractivity contribution in [3.05, 3.63) is 83.9 Å². The van der Waals surface area contributed by atoms with Gasteiger partial charge in [0.15, 0.2) is 0 Å². The molecule has 0 unspecified atom stereocenters. The van der Waals surface area contributed by atoms with E-state index < -0.39 is 0 Å². The van der Waals surface area contributed by atoms with Crippen molar-refractivity contribution in [3.8, 4) is 11.1 Å². The van der Waals surface area contributed by atoms with Crippen LogP contribution in [0.4, 0.5) is 17.2 Å². The minimum atomic E-state index is -0.0944. The van der Waals surface area contributed by atoms with E-state index in [1.165, 1.54) is 6.92 Å². The largest absolute Gasteiger partial charge is 0.340 e. The Bertz CT molecular complexity index is 1140. The van der Waals surface area contributed by atoms with Crippen molar-refractivity contribution >= 4 is 45.6 Å². The highest BCUT2D eigenvalue weighted by molar-refractivity contribution is 6.31. The van der Waals surface area contributed by atoms with Crippen molar-refractivity contribution in [1.82, 2.24) is 4.98 Å². The Hall–Kier alpha value is -3.37. The first kappa shape index (κ1) is 18.0. The first-order chi connectivity index (χ1) is 13.6. The molecule has 138 valence electrons. The van der Waals surface area contributed by atoms with E-state index >= 15 is 0 Å². The van der Waals surface area contributed by atoms with Crippen LogP contribution in [0.3, 0.4) is 0 Å². The molecule has 0 aliphatic rings. The molecule has 0 aliphatic carbocycles. The molecule has 0 spiro atoms. The van der Waals surface area contributed by atoms with E-state index in [1.807, 2.05) is 66.7 Å². The van der Waals surface area contributed by atoms with Crippen LogP contribution in [0, 0.1) is 0 Å².